The molecule has 0 saturated heterocycles. The number of rotatable bonds is 1. The van der Waals surface area contributed by atoms with E-state index in [1.807, 2.05) is 0 Å². The molecule has 3 nitrogen and oxygen atoms in total. The molecule has 0 aliphatic carbocycles. The molecule has 9 aromatic rings. The lowest BCUT2D eigenvalue weighted by atomic mass is 9.44. The normalized spacial score (nSPS) is 13.7. The van der Waals surface area contributed by atoms with Gasteiger partial charge in [0.2, 0.25) is 0 Å². The molecule has 3 heterocycles. The van der Waals surface area contributed by atoms with E-state index in [0.29, 0.717) is 0 Å². The molecule has 266 valence electrons. The van der Waals surface area contributed by atoms with E-state index in [1.165, 1.54) is 104 Å². The Bertz CT molecular complexity index is 3120. The van der Waals surface area contributed by atoms with Crippen LogP contribution in [0.5, 0.6) is 0 Å². The zero-order chi connectivity index (χ0) is 37.7. The number of para-hydroxylation sites is 1. The molecular weight excluding hydrogens is 665 g/mol. The lowest BCUT2D eigenvalue weighted by Crippen LogP contribution is -2.57. The van der Waals surface area contributed by atoms with Gasteiger partial charge in [0.15, 0.2) is 0 Å². The molecule has 0 radical (unpaired) electrons. The van der Waals surface area contributed by atoms with Crippen molar-refractivity contribution in [2.24, 2.45) is 0 Å². The van der Waals surface area contributed by atoms with Gasteiger partial charge in [-0.1, -0.05) is 120 Å². The predicted octanol–water partition coefficient (Wildman–Crippen LogP) is 12.2. The van der Waals surface area contributed by atoms with Crippen molar-refractivity contribution in [3.05, 3.63) is 144 Å². The highest BCUT2D eigenvalue weighted by Crippen LogP contribution is 2.50. The number of hydrogen-bond acceptors (Lipinski definition) is 2. The number of benzene rings is 8. The van der Waals surface area contributed by atoms with Crippen LogP contribution in [0.2, 0.25) is 0 Å². The molecule has 1 aromatic heterocycles. The highest BCUT2D eigenvalue weighted by molar-refractivity contribution is 6.90. The Labute approximate surface area is 323 Å². The highest BCUT2D eigenvalue weighted by atomic mass is 15.2. The van der Waals surface area contributed by atoms with Crippen LogP contribution in [0.25, 0.3) is 65.3 Å². The minimum atomic E-state index is -0.0598. The first kappa shape index (κ1) is 32.4. The minimum absolute atomic E-state index is 0.0424. The van der Waals surface area contributed by atoms with Crippen LogP contribution in [0.1, 0.15) is 58.2 Å². The summed E-state index contributed by atoms with van der Waals surface area (Å²) >= 11 is 0. The summed E-state index contributed by atoms with van der Waals surface area (Å²) < 4.78 is 2.67. The van der Waals surface area contributed by atoms with Crippen molar-refractivity contribution in [3.8, 4) is 11.1 Å². The van der Waals surface area contributed by atoms with Crippen LogP contribution >= 0.6 is 0 Å². The monoisotopic (exact) mass is 709 g/mol. The van der Waals surface area contributed by atoms with Crippen LogP contribution in [-0.2, 0) is 10.8 Å². The fourth-order valence-electron chi connectivity index (χ4n) is 9.91. The Hall–Kier alpha value is -6.00. The molecule has 2 aliphatic rings. The number of nitrogen functional groups attached to an aromatic ring is 1. The van der Waals surface area contributed by atoms with E-state index in [-0.39, 0.29) is 17.7 Å². The molecular formula is C51H44BN3. The van der Waals surface area contributed by atoms with Gasteiger partial charge in [0.05, 0.1) is 0 Å². The van der Waals surface area contributed by atoms with Crippen molar-refractivity contribution >= 4 is 94.6 Å². The summed E-state index contributed by atoms with van der Waals surface area (Å²) in [5, 5.41) is 10.2. The zero-order valence-electron chi connectivity index (χ0n) is 32.7. The van der Waals surface area contributed by atoms with Crippen molar-refractivity contribution < 1.29 is 0 Å². The number of aryl methyl sites for hydroxylation is 1. The van der Waals surface area contributed by atoms with Gasteiger partial charge in [-0.25, -0.2) is 0 Å². The molecule has 0 bridgehead atoms. The van der Waals surface area contributed by atoms with Crippen molar-refractivity contribution in [1.82, 2.24) is 4.48 Å². The summed E-state index contributed by atoms with van der Waals surface area (Å²) in [5.74, 6) is 0. The number of nitrogens with two attached hydrogens (primary N) is 1. The number of fused-ring (bicyclic) bond motifs is 11. The zero-order valence-corrected chi connectivity index (χ0v) is 32.7. The third-order valence-electron chi connectivity index (χ3n) is 12.6. The maximum absolute atomic E-state index is 7.08. The summed E-state index contributed by atoms with van der Waals surface area (Å²) in [4.78, 5) is 2.57. The van der Waals surface area contributed by atoms with E-state index >= 15 is 0 Å². The molecule has 0 atom stereocenters. The molecule has 0 spiro atoms. The van der Waals surface area contributed by atoms with Gasteiger partial charge in [-0.3, -0.25) is 0 Å². The largest absolute Gasteiger partial charge is 0.399 e. The average molecular weight is 710 g/mol. The summed E-state index contributed by atoms with van der Waals surface area (Å²) in [7, 11) is 0. The Morgan fingerprint density at radius 3 is 1.91 bits per heavy atom. The Morgan fingerprint density at radius 1 is 0.564 bits per heavy atom. The summed E-state index contributed by atoms with van der Waals surface area (Å²) in [5.41, 5.74) is 22.9. The second-order valence-corrected chi connectivity index (χ2v) is 18.1. The second-order valence-electron chi connectivity index (χ2n) is 18.1. The fraction of sp³-hybridized carbons (Fsp3) is 0.176. The summed E-state index contributed by atoms with van der Waals surface area (Å²) in [6, 6.07) is 48.2. The maximum atomic E-state index is 7.08. The van der Waals surface area contributed by atoms with Crippen molar-refractivity contribution in [2.45, 2.75) is 59.3 Å². The Morgan fingerprint density at radius 2 is 1.20 bits per heavy atom. The number of aromatic nitrogens is 1. The second kappa shape index (κ2) is 10.8. The first-order chi connectivity index (χ1) is 26.4. The molecule has 4 heteroatoms. The SMILES string of the molecule is Cc1c2c(cc3cc4ccccc4cc13)B1c3c(cc(N)cc3N2c2cc(C(C)(C)C)cc(C(C)(C)C)c2)-c2cc3ccccc3c3c4ccccc4n1c23. The Kier molecular flexibility index (Phi) is 6.38. The van der Waals surface area contributed by atoms with Gasteiger partial charge in [-0.05, 0) is 132 Å². The topological polar surface area (TPSA) is 34.2 Å². The van der Waals surface area contributed by atoms with Gasteiger partial charge >= 0.3 is 6.85 Å². The van der Waals surface area contributed by atoms with Gasteiger partial charge in [0.1, 0.15) is 0 Å². The number of hydrogen-bond donors (Lipinski definition) is 1. The minimum Gasteiger partial charge on any atom is -0.399 e. The first-order valence-electron chi connectivity index (χ1n) is 19.7. The first-order valence-corrected chi connectivity index (χ1v) is 19.7. The van der Waals surface area contributed by atoms with Crippen molar-refractivity contribution in [3.63, 3.8) is 0 Å². The predicted molar refractivity (Wildman–Crippen MR) is 239 cm³/mol. The van der Waals surface area contributed by atoms with E-state index < -0.39 is 0 Å². The summed E-state index contributed by atoms with van der Waals surface area (Å²) in [6.45, 7) is 16.2. The van der Waals surface area contributed by atoms with Crippen LogP contribution in [0.15, 0.2) is 127 Å². The van der Waals surface area contributed by atoms with Crippen molar-refractivity contribution in [1.29, 1.82) is 0 Å². The molecule has 2 N–H and O–H groups in total. The molecule has 0 fully saturated rings. The van der Waals surface area contributed by atoms with Gasteiger partial charge in [0.25, 0.3) is 0 Å². The number of anilines is 4. The van der Waals surface area contributed by atoms with Crippen LogP contribution < -0.4 is 21.6 Å². The number of nitrogens with zero attached hydrogens (tertiary/aromatic N) is 2. The van der Waals surface area contributed by atoms with E-state index in [9.17, 15) is 0 Å². The third kappa shape index (κ3) is 4.46. The van der Waals surface area contributed by atoms with Gasteiger partial charge < -0.3 is 15.1 Å². The maximum Gasteiger partial charge on any atom is 0.333 e. The standard InChI is InChI=1S/C51H44BN3/c1-29-40-21-31-15-9-8-14-30(31)20-33(40)23-43-48(29)54(37-25-34(50(2,3)4)24-35(26-37)51(5,6)7)45-28-36(53)27-41-42-22-32-16-10-11-17-38(32)46-39-18-12-13-19-44(39)55(49(42)46)52(43)47(41)45/h8-28H,53H2,1-7H3. The average Bonchev–Trinajstić information content (AvgIpc) is 3.51. The molecule has 8 aromatic carbocycles. The quantitative estimate of drug-likeness (QED) is 0.105. The molecule has 0 amide bonds. The van der Waals surface area contributed by atoms with E-state index in [1.54, 1.807) is 0 Å². The van der Waals surface area contributed by atoms with Gasteiger partial charge in [-0.15, -0.1) is 0 Å². The van der Waals surface area contributed by atoms with Crippen LogP contribution in [0, 0.1) is 6.92 Å². The van der Waals surface area contributed by atoms with Crippen molar-refractivity contribution in [2.75, 3.05) is 10.6 Å². The van der Waals surface area contributed by atoms with Gasteiger partial charge in [0, 0.05) is 50.1 Å². The smallest absolute Gasteiger partial charge is 0.333 e. The van der Waals surface area contributed by atoms with Gasteiger partial charge in [-0.2, -0.15) is 0 Å². The van der Waals surface area contributed by atoms with E-state index in [0.717, 1.165) is 11.4 Å². The van der Waals surface area contributed by atoms with Crippen LogP contribution in [-0.4, -0.2) is 11.3 Å². The molecule has 0 unspecified atom stereocenters. The lowest BCUT2D eigenvalue weighted by molar-refractivity contribution is 0.569. The molecule has 2 aliphatic heterocycles. The summed E-state index contributed by atoms with van der Waals surface area (Å²) in [6.07, 6.45) is 0. The molecule has 11 rings (SSSR count). The fourth-order valence-corrected chi connectivity index (χ4v) is 9.91. The van der Waals surface area contributed by atoms with E-state index in [2.05, 4.69) is 185 Å². The van der Waals surface area contributed by atoms with E-state index in [4.69, 9.17) is 5.73 Å². The Balaban J connectivity index is 1.35. The lowest BCUT2D eigenvalue weighted by Gasteiger charge is -2.42. The third-order valence-corrected chi connectivity index (χ3v) is 12.6. The highest BCUT2D eigenvalue weighted by Gasteiger charge is 2.44. The van der Waals surface area contributed by atoms with Crippen LogP contribution in [0.3, 0.4) is 0 Å². The van der Waals surface area contributed by atoms with Crippen LogP contribution in [0.4, 0.5) is 22.7 Å². The molecule has 55 heavy (non-hydrogen) atoms. The molecule has 0 saturated carbocycles.